The lowest BCUT2D eigenvalue weighted by molar-refractivity contribution is -0.144. The Balaban J connectivity index is 2.47. The average molecular weight is 386 g/mol. The highest BCUT2D eigenvalue weighted by Crippen LogP contribution is 2.40. The summed E-state index contributed by atoms with van der Waals surface area (Å²) in [6, 6.07) is 0. The number of aliphatic carboxylic acids is 1. The predicted octanol–water partition coefficient (Wildman–Crippen LogP) is 5.20. The fourth-order valence-electron chi connectivity index (χ4n) is 3.91. The Morgan fingerprint density at radius 1 is 1.22 bits per heavy atom. The topological polar surface area (TPSA) is 71.4 Å². The van der Waals surface area contributed by atoms with Gasteiger partial charge >= 0.3 is 11.9 Å². The van der Waals surface area contributed by atoms with Crippen LogP contribution in [0.3, 0.4) is 0 Å². The molecule has 0 heterocycles. The maximum Gasteiger partial charge on any atom is 0.305 e. The van der Waals surface area contributed by atoms with Crippen LogP contribution >= 0.6 is 0 Å². The number of carbonyl (C=O) groups excluding carboxylic acids is 2. The van der Waals surface area contributed by atoms with Crippen LogP contribution in [-0.2, 0) is 14.4 Å². The molecule has 27 heavy (non-hydrogen) atoms. The number of halogens is 2. The van der Waals surface area contributed by atoms with Crippen LogP contribution in [-0.4, -0.2) is 28.6 Å². The smallest absolute Gasteiger partial charge is 0.305 e. The molecule has 0 unspecified atom stereocenters. The summed E-state index contributed by atoms with van der Waals surface area (Å²) in [6.07, 6.45) is 7.02. The lowest BCUT2D eigenvalue weighted by Crippen LogP contribution is -2.28. The molecule has 4 nitrogen and oxygen atoms in total. The van der Waals surface area contributed by atoms with Crippen molar-refractivity contribution >= 4 is 17.5 Å². The minimum atomic E-state index is -3.23. The molecule has 1 rings (SSSR count). The molecule has 0 aliphatic heterocycles. The van der Waals surface area contributed by atoms with E-state index in [1.807, 2.05) is 19.1 Å². The fourth-order valence-corrected chi connectivity index (χ4v) is 3.91. The molecule has 1 fully saturated rings. The summed E-state index contributed by atoms with van der Waals surface area (Å²) in [5.41, 5.74) is 0. The van der Waals surface area contributed by atoms with Crippen molar-refractivity contribution in [1.82, 2.24) is 0 Å². The Kier molecular flexibility index (Phi) is 9.81. The van der Waals surface area contributed by atoms with E-state index in [-0.39, 0.29) is 42.8 Å². The van der Waals surface area contributed by atoms with E-state index in [0.717, 1.165) is 0 Å². The lowest BCUT2D eigenvalue weighted by Gasteiger charge is -2.21. The zero-order chi connectivity index (χ0) is 20.4. The van der Waals surface area contributed by atoms with E-state index in [1.54, 1.807) is 6.92 Å². The summed E-state index contributed by atoms with van der Waals surface area (Å²) in [4.78, 5) is 34.4. The quantitative estimate of drug-likeness (QED) is 0.349. The van der Waals surface area contributed by atoms with E-state index in [4.69, 9.17) is 5.11 Å². The highest BCUT2D eigenvalue weighted by molar-refractivity contribution is 5.85. The van der Waals surface area contributed by atoms with Crippen molar-refractivity contribution in [3.05, 3.63) is 12.2 Å². The lowest BCUT2D eigenvalue weighted by atomic mass is 9.83. The Morgan fingerprint density at radius 2 is 1.93 bits per heavy atom. The van der Waals surface area contributed by atoms with Gasteiger partial charge in [0.2, 0.25) is 5.78 Å². The van der Waals surface area contributed by atoms with E-state index < -0.39 is 24.1 Å². The number of hydrogen-bond acceptors (Lipinski definition) is 3. The third-order valence-electron chi connectivity index (χ3n) is 5.42. The molecule has 6 heteroatoms. The minimum absolute atomic E-state index is 0.119. The molecule has 0 aromatic heterocycles. The zero-order valence-corrected chi connectivity index (χ0v) is 16.4. The van der Waals surface area contributed by atoms with Gasteiger partial charge < -0.3 is 5.11 Å². The molecule has 0 spiro atoms. The number of hydrogen-bond donors (Lipinski definition) is 1. The number of ketones is 2. The van der Waals surface area contributed by atoms with Crippen molar-refractivity contribution in [2.24, 2.45) is 17.8 Å². The summed E-state index contributed by atoms with van der Waals surface area (Å²) in [7, 11) is 0. The van der Waals surface area contributed by atoms with E-state index in [9.17, 15) is 23.2 Å². The fraction of sp³-hybridized carbons (Fsp3) is 0.762. The SMILES string of the molecule is CCCC(F)(F)C(=O)CCC[C@H]1[C@H](C)CC(=O)[C@@H]1CC=CCCCC(=O)O. The predicted molar refractivity (Wildman–Crippen MR) is 99.7 cm³/mol. The van der Waals surface area contributed by atoms with E-state index in [0.29, 0.717) is 38.5 Å². The van der Waals surface area contributed by atoms with Crippen LogP contribution in [0.25, 0.3) is 0 Å². The maximum absolute atomic E-state index is 13.6. The molecule has 0 saturated heterocycles. The Bertz CT molecular complexity index is 542. The zero-order valence-electron chi connectivity index (χ0n) is 16.4. The van der Waals surface area contributed by atoms with Gasteiger partial charge in [-0.25, -0.2) is 0 Å². The molecule has 1 aliphatic rings. The third kappa shape index (κ3) is 7.89. The van der Waals surface area contributed by atoms with Gasteiger partial charge in [0, 0.05) is 31.6 Å². The number of allylic oxidation sites excluding steroid dienone is 2. The number of Topliss-reactive ketones (excluding diaryl/α,β-unsaturated/α-hetero) is 2. The molecule has 0 aromatic carbocycles. The van der Waals surface area contributed by atoms with Crippen molar-refractivity contribution in [1.29, 1.82) is 0 Å². The van der Waals surface area contributed by atoms with Crippen LogP contribution in [0.15, 0.2) is 12.2 Å². The monoisotopic (exact) mass is 386 g/mol. The van der Waals surface area contributed by atoms with Crippen LogP contribution in [0.5, 0.6) is 0 Å². The number of carboxylic acid groups (broad SMARTS) is 1. The van der Waals surface area contributed by atoms with Crippen molar-refractivity contribution in [3.8, 4) is 0 Å². The number of carboxylic acids is 1. The van der Waals surface area contributed by atoms with Crippen molar-refractivity contribution in [2.45, 2.75) is 84.0 Å². The van der Waals surface area contributed by atoms with Gasteiger partial charge in [-0.2, -0.15) is 8.78 Å². The van der Waals surface area contributed by atoms with E-state index in [2.05, 4.69) is 0 Å². The summed E-state index contributed by atoms with van der Waals surface area (Å²) in [6.45, 7) is 3.64. The second-order valence-electron chi connectivity index (χ2n) is 7.68. The standard InChI is InChI=1S/C21H32F2O4/c1-3-13-21(22,23)19(25)11-8-10-16-15(2)14-18(24)17(16)9-6-4-5-7-12-20(26)27/h4,6,15-17H,3,5,7-14H2,1-2H3,(H,26,27)/t15-,16+,17-/m1/s1. The minimum Gasteiger partial charge on any atom is -0.481 e. The van der Waals surface area contributed by atoms with Gasteiger partial charge in [-0.05, 0) is 50.4 Å². The first-order valence-corrected chi connectivity index (χ1v) is 9.99. The molecular weight excluding hydrogens is 354 g/mol. The number of unbranched alkanes of at least 4 members (excludes halogenated alkanes) is 1. The van der Waals surface area contributed by atoms with Gasteiger partial charge in [-0.1, -0.05) is 26.0 Å². The Hall–Kier alpha value is -1.59. The van der Waals surface area contributed by atoms with Gasteiger partial charge in [0.15, 0.2) is 0 Å². The van der Waals surface area contributed by atoms with Crippen LogP contribution in [0.4, 0.5) is 8.78 Å². The first-order valence-electron chi connectivity index (χ1n) is 9.99. The molecule has 1 aliphatic carbocycles. The molecule has 0 aromatic rings. The highest BCUT2D eigenvalue weighted by atomic mass is 19.3. The molecule has 0 bridgehead atoms. The molecular formula is C21H32F2O4. The molecule has 0 amide bonds. The normalized spacial score (nSPS) is 23.3. The van der Waals surface area contributed by atoms with E-state index >= 15 is 0 Å². The second-order valence-corrected chi connectivity index (χ2v) is 7.68. The highest BCUT2D eigenvalue weighted by Gasteiger charge is 2.40. The van der Waals surface area contributed by atoms with E-state index in [1.165, 1.54) is 0 Å². The summed E-state index contributed by atoms with van der Waals surface area (Å²) in [5, 5.41) is 8.60. The molecule has 1 saturated carbocycles. The van der Waals surface area contributed by atoms with Crippen molar-refractivity contribution in [3.63, 3.8) is 0 Å². The first-order chi connectivity index (χ1) is 12.7. The average Bonchev–Trinajstić information content (AvgIpc) is 2.84. The molecule has 0 radical (unpaired) electrons. The first kappa shape index (κ1) is 23.4. The largest absolute Gasteiger partial charge is 0.481 e. The second kappa shape index (κ2) is 11.3. The molecule has 154 valence electrons. The van der Waals surface area contributed by atoms with Gasteiger partial charge in [0.05, 0.1) is 0 Å². The summed E-state index contributed by atoms with van der Waals surface area (Å²) in [5.74, 6) is -4.64. The van der Waals surface area contributed by atoms with Crippen LogP contribution in [0, 0.1) is 17.8 Å². The Labute approximate surface area is 160 Å². The van der Waals surface area contributed by atoms with Crippen LogP contribution < -0.4 is 0 Å². The van der Waals surface area contributed by atoms with Crippen LogP contribution in [0.2, 0.25) is 0 Å². The summed E-state index contributed by atoms with van der Waals surface area (Å²) >= 11 is 0. The summed E-state index contributed by atoms with van der Waals surface area (Å²) < 4.78 is 27.2. The number of alkyl halides is 2. The van der Waals surface area contributed by atoms with Gasteiger partial charge in [-0.15, -0.1) is 0 Å². The van der Waals surface area contributed by atoms with Gasteiger partial charge in [-0.3, -0.25) is 14.4 Å². The maximum atomic E-state index is 13.6. The number of carbonyl (C=O) groups is 3. The van der Waals surface area contributed by atoms with Gasteiger partial charge in [0.1, 0.15) is 5.78 Å². The molecule has 3 atom stereocenters. The van der Waals surface area contributed by atoms with Crippen molar-refractivity contribution in [2.75, 3.05) is 0 Å². The molecule has 1 N–H and O–H groups in total. The third-order valence-corrected chi connectivity index (χ3v) is 5.42. The van der Waals surface area contributed by atoms with Crippen molar-refractivity contribution < 1.29 is 28.3 Å². The number of rotatable bonds is 13. The van der Waals surface area contributed by atoms with Gasteiger partial charge in [0.25, 0.3) is 0 Å². The Morgan fingerprint density at radius 3 is 2.56 bits per heavy atom. The van der Waals surface area contributed by atoms with Crippen LogP contribution in [0.1, 0.15) is 78.1 Å².